The van der Waals surface area contributed by atoms with Crippen molar-refractivity contribution < 1.29 is 17.8 Å². The molecule has 1 aromatic carbocycles. The summed E-state index contributed by atoms with van der Waals surface area (Å²) in [6, 6.07) is 3.34. The maximum Gasteiger partial charge on any atom is 0.312 e. The van der Waals surface area contributed by atoms with Crippen molar-refractivity contribution in [3.8, 4) is 0 Å². The number of nitrogens with two attached hydrogens (primary N) is 1. The van der Waals surface area contributed by atoms with Crippen LogP contribution in [0.1, 0.15) is 5.69 Å². The third-order valence-electron chi connectivity index (χ3n) is 2.34. The molecular formula is C10H10N4O5S. The molecule has 0 atom stereocenters. The Bertz CT molecular complexity index is 768. The molecule has 0 aliphatic carbocycles. The predicted molar refractivity (Wildman–Crippen MR) is 69.6 cm³/mol. The van der Waals surface area contributed by atoms with E-state index in [9.17, 15) is 18.5 Å². The van der Waals surface area contributed by atoms with Crippen LogP contribution in [0.2, 0.25) is 0 Å². The van der Waals surface area contributed by atoms with Crippen LogP contribution in [0.25, 0.3) is 0 Å². The Morgan fingerprint density at radius 3 is 2.70 bits per heavy atom. The molecule has 0 saturated carbocycles. The summed E-state index contributed by atoms with van der Waals surface area (Å²) in [6.07, 6.45) is 1.24. The quantitative estimate of drug-likeness (QED) is 0.491. The zero-order chi connectivity index (χ0) is 14.9. The maximum atomic E-state index is 12.1. The van der Waals surface area contributed by atoms with Crippen LogP contribution < -0.4 is 10.5 Å². The van der Waals surface area contributed by atoms with Crippen molar-refractivity contribution in [1.82, 2.24) is 4.98 Å². The highest BCUT2D eigenvalue weighted by Gasteiger charge is 2.29. The van der Waals surface area contributed by atoms with Crippen LogP contribution in [0.3, 0.4) is 0 Å². The highest BCUT2D eigenvalue weighted by molar-refractivity contribution is 7.92. The molecule has 0 spiro atoms. The number of rotatable bonds is 4. The van der Waals surface area contributed by atoms with E-state index in [-0.39, 0.29) is 11.7 Å². The lowest BCUT2D eigenvalue weighted by Gasteiger charge is -2.06. The Kier molecular flexibility index (Phi) is 3.32. The van der Waals surface area contributed by atoms with Crippen molar-refractivity contribution in [1.29, 1.82) is 0 Å². The molecule has 20 heavy (non-hydrogen) atoms. The standard InChI is InChI=1S/C10H10N4O5S/c1-6-5-19-10(12-6)13-20(17,18)8-4-2-3-7(11)9(8)14(15)16/h2-5H,11H2,1H3,(H,12,13). The Labute approximate surface area is 113 Å². The molecule has 0 unspecified atom stereocenters. The van der Waals surface area contributed by atoms with Gasteiger partial charge >= 0.3 is 11.7 Å². The first kappa shape index (κ1) is 13.8. The summed E-state index contributed by atoms with van der Waals surface area (Å²) in [4.78, 5) is 13.3. The molecule has 1 heterocycles. The van der Waals surface area contributed by atoms with E-state index >= 15 is 0 Å². The van der Waals surface area contributed by atoms with E-state index in [4.69, 9.17) is 10.2 Å². The average Bonchev–Trinajstić information content (AvgIpc) is 2.73. The van der Waals surface area contributed by atoms with E-state index in [0.29, 0.717) is 5.69 Å². The fourth-order valence-electron chi connectivity index (χ4n) is 1.52. The molecule has 0 fully saturated rings. The van der Waals surface area contributed by atoms with Crippen molar-refractivity contribution in [2.75, 3.05) is 10.5 Å². The fourth-order valence-corrected chi connectivity index (χ4v) is 2.66. The molecule has 2 rings (SSSR count). The molecule has 0 bridgehead atoms. The van der Waals surface area contributed by atoms with Gasteiger partial charge in [0.25, 0.3) is 10.0 Å². The van der Waals surface area contributed by atoms with Gasteiger partial charge in [0, 0.05) is 0 Å². The highest BCUT2D eigenvalue weighted by Crippen LogP contribution is 2.30. The Morgan fingerprint density at radius 2 is 2.15 bits per heavy atom. The van der Waals surface area contributed by atoms with Gasteiger partial charge < -0.3 is 10.2 Å². The van der Waals surface area contributed by atoms with Crippen molar-refractivity contribution in [3.63, 3.8) is 0 Å². The van der Waals surface area contributed by atoms with Crippen molar-refractivity contribution in [3.05, 3.63) is 40.3 Å². The molecule has 10 heteroatoms. The number of hydrogen-bond donors (Lipinski definition) is 2. The molecule has 0 aliphatic heterocycles. The molecule has 0 amide bonds. The number of aromatic nitrogens is 1. The normalized spacial score (nSPS) is 11.2. The molecular weight excluding hydrogens is 288 g/mol. The first-order valence-electron chi connectivity index (χ1n) is 5.29. The minimum Gasteiger partial charge on any atom is -0.431 e. The number of oxazole rings is 1. The van der Waals surface area contributed by atoms with Crippen LogP contribution >= 0.6 is 0 Å². The molecule has 3 N–H and O–H groups in total. The smallest absolute Gasteiger partial charge is 0.312 e. The summed E-state index contributed by atoms with van der Waals surface area (Å²) in [5.74, 6) is 0. The average molecular weight is 298 g/mol. The van der Waals surface area contributed by atoms with E-state index < -0.39 is 25.5 Å². The van der Waals surface area contributed by atoms with E-state index in [1.165, 1.54) is 18.4 Å². The van der Waals surface area contributed by atoms with Crippen molar-refractivity contribution in [2.45, 2.75) is 11.8 Å². The first-order valence-corrected chi connectivity index (χ1v) is 6.77. The maximum absolute atomic E-state index is 12.1. The number of hydrogen-bond acceptors (Lipinski definition) is 7. The number of nitro groups is 1. The van der Waals surface area contributed by atoms with Gasteiger partial charge in [-0.05, 0) is 19.1 Å². The van der Waals surface area contributed by atoms with Crippen LogP contribution in [0.5, 0.6) is 0 Å². The molecule has 0 aliphatic rings. The van der Waals surface area contributed by atoms with Gasteiger partial charge in [0.2, 0.25) is 0 Å². The number of nitro benzene ring substituents is 1. The largest absolute Gasteiger partial charge is 0.431 e. The Hall–Kier alpha value is -2.62. The molecule has 1 aromatic heterocycles. The minimum absolute atomic E-state index is 0.249. The van der Waals surface area contributed by atoms with Gasteiger partial charge in [0.05, 0.1) is 10.6 Å². The zero-order valence-corrected chi connectivity index (χ0v) is 11.0. The molecule has 106 valence electrons. The topological polar surface area (TPSA) is 141 Å². The summed E-state index contributed by atoms with van der Waals surface area (Å²) in [6.45, 7) is 1.60. The number of anilines is 2. The summed E-state index contributed by atoms with van der Waals surface area (Å²) >= 11 is 0. The van der Waals surface area contributed by atoms with Crippen LogP contribution in [-0.2, 0) is 10.0 Å². The lowest BCUT2D eigenvalue weighted by Crippen LogP contribution is -2.15. The van der Waals surface area contributed by atoms with Crippen LogP contribution in [0, 0.1) is 17.0 Å². The molecule has 0 radical (unpaired) electrons. The Morgan fingerprint density at radius 1 is 1.45 bits per heavy atom. The number of nitrogen functional groups attached to an aromatic ring is 1. The third kappa shape index (κ3) is 2.54. The third-order valence-corrected chi connectivity index (χ3v) is 3.69. The summed E-state index contributed by atoms with van der Waals surface area (Å²) in [5.41, 5.74) is 4.97. The van der Waals surface area contributed by atoms with Crippen molar-refractivity contribution in [2.24, 2.45) is 0 Å². The molecule has 0 saturated heterocycles. The summed E-state index contributed by atoms with van der Waals surface area (Å²) < 4.78 is 31.1. The molecule has 2 aromatic rings. The van der Waals surface area contributed by atoms with Gasteiger partial charge in [-0.1, -0.05) is 6.07 Å². The predicted octanol–water partition coefficient (Wildman–Crippen LogP) is 1.27. The number of sulfonamides is 1. The van der Waals surface area contributed by atoms with Gasteiger partial charge in [-0.15, -0.1) is 0 Å². The van der Waals surface area contributed by atoms with E-state index in [2.05, 4.69) is 4.98 Å². The van der Waals surface area contributed by atoms with Gasteiger partial charge in [-0.3, -0.25) is 10.1 Å². The van der Waals surface area contributed by atoms with Gasteiger partial charge in [-0.25, -0.2) is 13.1 Å². The lowest BCUT2D eigenvalue weighted by molar-refractivity contribution is -0.386. The van der Waals surface area contributed by atoms with Crippen LogP contribution in [0.4, 0.5) is 17.4 Å². The van der Waals surface area contributed by atoms with E-state index in [1.807, 2.05) is 4.72 Å². The summed E-state index contributed by atoms with van der Waals surface area (Å²) in [5, 5.41) is 10.9. The van der Waals surface area contributed by atoms with E-state index in [0.717, 1.165) is 6.07 Å². The second kappa shape index (κ2) is 4.81. The Balaban J connectivity index is 2.50. The SMILES string of the molecule is Cc1coc(NS(=O)(=O)c2cccc(N)c2[N+](=O)[O-])n1. The van der Waals surface area contributed by atoms with Crippen molar-refractivity contribution >= 4 is 27.4 Å². The second-order valence-electron chi connectivity index (χ2n) is 3.85. The van der Waals surface area contributed by atoms with Crippen LogP contribution in [-0.4, -0.2) is 18.3 Å². The minimum atomic E-state index is -4.23. The fraction of sp³-hybridized carbons (Fsp3) is 0.100. The van der Waals surface area contributed by atoms with E-state index in [1.54, 1.807) is 6.92 Å². The summed E-state index contributed by atoms with van der Waals surface area (Å²) in [7, 11) is -4.23. The van der Waals surface area contributed by atoms with Gasteiger partial charge in [-0.2, -0.15) is 4.98 Å². The number of benzene rings is 1. The number of aryl methyl sites for hydroxylation is 1. The second-order valence-corrected chi connectivity index (χ2v) is 5.50. The van der Waals surface area contributed by atoms with Gasteiger partial charge in [0.1, 0.15) is 12.0 Å². The van der Waals surface area contributed by atoms with Crippen LogP contribution in [0.15, 0.2) is 33.8 Å². The first-order chi connectivity index (χ1) is 9.31. The zero-order valence-electron chi connectivity index (χ0n) is 10.2. The highest BCUT2D eigenvalue weighted by atomic mass is 32.2. The monoisotopic (exact) mass is 298 g/mol. The molecule has 9 nitrogen and oxygen atoms in total. The number of nitrogens with one attached hydrogen (secondary N) is 1. The van der Waals surface area contributed by atoms with Gasteiger partial charge in [0.15, 0.2) is 4.90 Å². The number of nitrogens with zero attached hydrogens (tertiary/aromatic N) is 2. The lowest BCUT2D eigenvalue weighted by atomic mass is 10.3. The number of para-hydroxylation sites is 1.